The number of hydrogen-bond donors (Lipinski definition) is 1. The zero-order valence-electron chi connectivity index (χ0n) is 9.22. The summed E-state index contributed by atoms with van der Waals surface area (Å²) in [5.74, 6) is 0. The second-order valence-electron chi connectivity index (χ2n) is 4.57. The molecule has 2 heteroatoms. The van der Waals surface area contributed by atoms with E-state index in [1.165, 1.54) is 5.56 Å². The molecule has 1 nitrogen and oxygen atoms in total. The van der Waals surface area contributed by atoms with Crippen LogP contribution in [0, 0.1) is 6.92 Å². The fourth-order valence-corrected chi connectivity index (χ4v) is 2.24. The van der Waals surface area contributed by atoms with Crippen molar-refractivity contribution in [2.24, 2.45) is 0 Å². The third kappa shape index (κ3) is 2.78. The van der Waals surface area contributed by atoms with Gasteiger partial charge < -0.3 is 5.32 Å². The lowest BCUT2D eigenvalue weighted by Crippen LogP contribution is -2.40. The van der Waals surface area contributed by atoms with Gasteiger partial charge in [-0.25, -0.2) is 4.39 Å². The van der Waals surface area contributed by atoms with Gasteiger partial charge in [-0.3, -0.25) is 0 Å². The maximum atomic E-state index is 14.3. The minimum absolute atomic E-state index is 0.566. The SMILES string of the molecule is Cc1cccc(CC2(F)CCNCC2)c1. The van der Waals surface area contributed by atoms with Crippen molar-refractivity contribution in [1.29, 1.82) is 0 Å². The molecule has 0 saturated carbocycles. The molecule has 0 aliphatic carbocycles. The summed E-state index contributed by atoms with van der Waals surface area (Å²) in [5.41, 5.74) is 1.35. The van der Waals surface area contributed by atoms with Crippen LogP contribution >= 0.6 is 0 Å². The van der Waals surface area contributed by atoms with E-state index in [4.69, 9.17) is 0 Å². The van der Waals surface area contributed by atoms with Gasteiger partial charge in [-0.05, 0) is 38.4 Å². The summed E-state index contributed by atoms with van der Waals surface area (Å²) in [6.45, 7) is 3.67. The molecule has 1 aliphatic rings. The number of rotatable bonds is 2. The Morgan fingerprint density at radius 1 is 1.33 bits per heavy atom. The molecule has 1 aliphatic heterocycles. The Balaban J connectivity index is 2.06. The average Bonchev–Trinajstić information content (AvgIpc) is 2.18. The number of hydrogen-bond acceptors (Lipinski definition) is 1. The molecule has 1 fully saturated rings. The maximum absolute atomic E-state index is 14.3. The lowest BCUT2D eigenvalue weighted by atomic mass is 9.87. The first-order valence-corrected chi connectivity index (χ1v) is 5.63. The van der Waals surface area contributed by atoms with Crippen LogP contribution in [0.15, 0.2) is 24.3 Å². The average molecular weight is 207 g/mol. The van der Waals surface area contributed by atoms with Gasteiger partial charge in [0.1, 0.15) is 5.67 Å². The smallest absolute Gasteiger partial charge is 0.117 e. The van der Waals surface area contributed by atoms with Crippen LogP contribution in [0.2, 0.25) is 0 Å². The third-order valence-corrected chi connectivity index (χ3v) is 3.10. The van der Waals surface area contributed by atoms with E-state index in [0.29, 0.717) is 19.3 Å². The molecule has 1 N–H and O–H groups in total. The van der Waals surface area contributed by atoms with Gasteiger partial charge in [0.05, 0.1) is 0 Å². The van der Waals surface area contributed by atoms with Gasteiger partial charge in [-0.2, -0.15) is 0 Å². The van der Waals surface area contributed by atoms with Crippen LogP contribution in [0.25, 0.3) is 0 Å². The number of halogens is 1. The van der Waals surface area contributed by atoms with Gasteiger partial charge in [0.25, 0.3) is 0 Å². The highest BCUT2D eigenvalue weighted by Crippen LogP contribution is 2.27. The predicted molar refractivity (Wildman–Crippen MR) is 60.8 cm³/mol. The topological polar surface area (TPSA) is 12.0 Å². The van der Waals surface area contributed by atoms with E-state index in [1.54, 1.807) is 0 Å². The summed E-state index contributed by atoms with van der Waals surface area (Å²) in [6.07, 6.45) is 1.85. The largest absolute Gasteiger partial charge is 0.316 e. The van der Waals surface area contributed by atoms with E-state index in [-0.39, 0.29) is 0 Å². The molecule has 1 saturated heterocycles. The first kappa shape index (κ1) is 10.6. The summed E-state index contributed by atoms with van der Waals surface area (Å²) in [4.78, 5) is 0. The summed E-state index contributed by atoms with van der Waals surface area (Å²) >= 11 is 0. The van der Waals surface area contributed by atoms with Crippen molar-refractivity contribution in [3.8, 4) is 0 Å². The van der Waals surface area contributed by atoms with Gasteiger partial charge in [0, 0.05) is 6.42 Å². The van der Waals surface area contributed by atoms with Gasteiger partial charge >= 0.3 is 0 Å². The first-order valence-electron chi connectivity index (χ1n) is 5.63. The summed E-state index contributed by atoms with van der Waals surface area (Å²) in [5, 5.41) is 3.20. The Kier molecular flexibility index (Phi) is 3.06. The number of alkyl halides is 1. The Morgan fingerprint density at radius 2 is 2.07 bits per heavy atom. The minimum Gasteiger partial charge on any atom is -0.316 e. The van der Waals surface area contributed by atoms with Crippen molar-refractivity contribution < 1.29 is 4.39 Å². The van der Waals surface area contributed by atoms with Crippen LogP contribution in [0.3, 0.4) is 0 Å². The van der Waals surface area contributed by atoms with Crippen molar-refractivity contribution in [3.63, 3.8) is 0 Å². The molecule has 0 unspecified atom stereocenters. The number of piperidine rings is 1. The van der Waals surface area contributed by atoms with E-state index in [1.807, 2.05) is 12.1 Å². The van der Waals surface area contributed by atoms with E-state index in [9.17, 15) is 4.39 Å². The molecule has 1 aromatic carbocycles. The lowest BCUT2D eigenvalue weighted by molar-refractivity contribution is 0.116. The highest BCUT2D eigenvalue weighted by molar-refractivity contribution is 5.23. The van der Waals surface area contributed by atoms with E-state index >= 15 is 0 Å². The summed E-state index contributed by atoms with van der Waals surface area (Å²) in [7, 11) is 0. The van der Waals surface area contributed by atoms with Crippen LogP contribution in [-0.2, 0) is 6.42 Å². The normalized spacial score (nSPS) is 20.1. The molecule has 1 heterocycles. The minimum atomic E-state index is -0.987. The zero-order valence-corrected chi connectivity index (χ0v) is 9.22. The van der Waals surface area contributed by atoms with Crippen LogP contribution in [0.4, 0.5) is 4.39 Å². The van der Waals surface area contributed by atoms with Crippen molar-refractivity contribution in [1.82, 2.24) is 5.32 Å². The second-order valence-corrected chi connectivity index (χ2v) is 4.57. The summed E-state index contributed by atoms with van der Waals surface area (Å²) in [6, 6.07) is 8.17. The van der Waals surface area contributed by atoms with Crippen molar-refractivity contribution in [3.05, 3.63) is 35.4 Å². The molecule has 0 radical (unpaired) electrons. The molecule has 0 amide bonds. The fourth-order valence-electron chi connectivity index (χ4n) is 2.24. The molecule has 0 bridgehead atoms. The van der Waals surface area contributed by atoms with Crippen LogP contribution < -0.4 is 5.32 Å². The fraction of sp³-hybridized carbons (Fsp3) is 0.538. The number of nitrogens with one attached hydrogen (secondary N) is 1. The first-order chi connectivity index (χ1) is 7.18. The van der Waals surface area contributed by atoms with Gasteiger partial charge in [-0.15, -0.1) is 0 Å². The van der Waals surface area contributed by atoms with Crippen LogP contribution in [0.5, 0.6) is 0 Å². The van der Waals surface area contributed by atoms with Crippen LogP contribution in [0.1, 0.15) is 24.0 Å². The maximum Gasteiger partial charge on any atom is 0.117 e. The van der Waals surface area contributed by atoms with Crippen molar-refractivity contribution in [2.45, 2.75) is 31.9 Å². The molecule has 0 spiro atoms. The third-order valence-electron chi connectivity index (χ3n) is 3.10. The van der Waals surface area contributed by atoms with Crippen LogP contribution in [-0.4, -0.2) is 18.8 Å². The molecule has 1 aromatic rings. The molecular weight excluding hydrogens is 189 g/mol. The highest BCUT2D eigenvalue weighted by atomic mass is 19.1. The molecule has 0 aromatic heterocycles. The summed E-state index contributed by atoms with van der Waals surface area (Å²) < 4.78 is 14.3. The molecule has 15 heavy (non-hydrogen) atoms. The molecular formula is C13H18FN. The number of aryl methyl sites for hydroxylation is 1. The van der Waals surface area contributed by atoms with Gasteiger partial charge in [-0.1, -0.05) is 29.8 Å². The van der Waals surface area contributed by atoms with Gasteiger partial charge in [0.15, 0.2) is 0 Å². The van der Waals surface area contributed by atoms with Crippen molar-refractivity contribution in [2.75, 3.05) is 13.1 Å². The molecule has 0 atom stereocenters. The standard InChI is InChI=1S/C13H18FN/c1-11-3-2-4-12(9-11)10-13(14)5-7-15-8-6-13/h2-4,9,15H,5-8,10H2,1H3. The molecule has 2 rings (SSSR count). The second kappa shape index (κ2) is 4.31. The highest BCUT2D eigenvalue weighted by Gasteiger charge is 2.31. The molecule has 82 valence electrons. The van der Waals surface area contributed by atoms with E-state index in [0.717, 1.165) is 18.7 Å². The Bertz CT molecular complexity index is 329. The Hall–Kier alpha value is -0.890. The Labute approximate surface area is 90.7 Å². The lowest BCUT2D eigenvalue weighted by Gasteiger charge is -2.30. The predicted octanol–water partition coefficient (Wildman–Crippen LogP) is 2.63. The monoisotopic (exact) mass is 207 g/mol. The van der Waals surface area contributed by atoms with Gasteiger partial charge in [0.2, 0.25) is 0 Å². The Morgan fingerprint density at radius 3 is 2.73 bits per heavy atom. The quantitative estimate of drug-likeness (QED) is 0.786. The van der Waals surface area contributed by atoms with E-state index < -0.39 is 5.67 Å². The van der Waals surface area contributed by atoms with Crippen molar-refractivity contribution >= 4 is 0 Å². The van der Waals surface area contributed by atoms with E-state index in [2.05, 4.69) is 24.4 Å². The number of benzene rings is 1. The zero-order chi connectivity index (χ0) is 10.7.